The molecule has 206 valence electrons. The number of imidazole rings is 1. The van der Waals surface area contributed by atoms with Crippen LogP contribution in [0.3, 0.4) is 0 Å². The number of rotatable bonds is 12. The van der Waals surface area contributed by atoms with Gasteiger partial charge in [0.2, 0.25) is 0 Å². The standard InChI is InChI=1S/C29H41N5O4/c1-30-29-32-14-13-23(34-16-15-31-20-34)18-22(33-29)5-4-6-24(35)19-25(36)11-9-21-10-12-27(37)28(17-21)38-26-7-2-3-8-26/h10,12,15-17,20,22-23,26,37H,2-9,11,13-14,18-19H2,1H3,(H2,30,32,33). The largest absolute Gasteiger partial charge is 0.504 e. The van der Waals surface area contributed by atoms with Crippen molar-refractivity contribution in [2.24, 2.45) is 4.99 Å². The molecule has 1 aromatic heterocycles. The molecule has 1 saturated carbocycles. The third-order valence-corrected chi connectivity index (χ3v) is 7.55. The minimum atomic E-state index is -0.0461. The van der Waals surface area contributed by atoms with E-state index in [0.717, 1.165) is 69.4 Å². The summed E-state index contributed by atoms with van der Waals surface area (Å²) in [6.45, 7) is 0.828. The highest BCUT2D eigenvalue weighted by molar-refractivity contribution is 5.99. The Bertz CT molecular complexity index is 1080. The van der Waals surface area contributed by atoms with Crippen molar-refractivity contribution in [3.8, 4) is 11.5 Å². The molecule has 9 nitrogen and oxygen atoms in total. The molecule has 1 aromatic carbocycles. The van der Waals surface area contributed by atoms with E-state index >= 15 is 0 Å². The highest BCUT2D eigenvalue weighted by atomic mass is 16.5. The van der Waals surface area contributed by atoms with Crippen LogP contribution in [0.4, 0.5) is 0 Å². The number of hydrogen-bond acceptors (Lipinski definition) is 6. The third-order valence-electron chi connectivity index (χ3n) is 7.55. The number of aromatic hydroxyl groups is 1. The maximum Gasteiger partial charge on any atom is 0.191 e. The molecule has 2 atom stereocenters. The molecule has 4 rings (SSSR count). The fourth-order valence-corrected chi connectivity index (χ4v) is 5.42. The number of phenols is 1. The van der Waals surface area contributed by atoms with Gasteiger partial charge in [0.15, 0.2) is 17.5 Å². The van der Waals surface area contributed by atoms with Crippen molar-refractivity contribution in [2.45, 2.75) is 95.2 Å². The van der Waals surface area contributed by atoms with Gasteiger partial charge in [0.05, 0.1) is 18.9 Å². The predicted molar refractivity (Wildman–Crippen MR) is 147 cm³/mol. The van der Waals surface area contributed by atoms with Gasteiger partial charge in [-0.15, -0.1) is 0 Å². The van der Waals surface area contributed by atoms with Crippen LogP contribution < -0.4 is 15.4 Å². The second kappa shape index (κ2) is 14.0. The summed E-state index contributed by atoms with van der Waals surface area (Å²) in [7, 11) is 1.76. The smallest absolute Gasteiger partial charge is 0.191 e. The van der Waals surface area contributed by atoms with Gasteiger partial charge in [0.1, 0.15) is 11.6 Å². The Hall–Kier alpha value is -3.36. The number of aromatic nitrogens is 2. The summed E-state index contributed by atoms with van der Waals surface area (Å²) in [5, 5.41) is 17.0. The van der Waals surface area contributed by atoms with E-state index in [0.29, 0.717) is 31.1 Å². The molecule has 0 amide bonds. The van der Waals surface area contributed by atoms with Crippen LogP contribution in [0.15, 0.2) is 41.9 Å². The van der Waals surface area contributed by atoms with Crippen LogP contribution >= 0.6 is 0 Å². The van der Waals surface area contributed by atoms with Crippen LogP contribution in [0.25, 0.3) is 0 Å². The maximum absolute atomic E-state index is 12.6. The van der Waals surface area contributed by atoms with E-state index in [2.05, 4.69) is 25.2 Å². The van der Waals surface area contributed by atoms with Crippen molar-refractivity contribution in [1.82, 2.24) is 20.2 Å². The summed E-state index contributed by atoms with van der Waals surface area (Å²) < 4.78 is 8.10. The topological polar surface area (TPSA) is 118 Å². The molecule has 0 spiro atoms. The number of nitrogens with one attached hydrogen (secondary N) is 2. The Morgan fingerprint density at radius 3 is 2.76 bits per heavy atom. The second-order valence-corrected chi connectivity index (χ2v) is 10.5. The summed E-state index contributed by atoms with van der Waals surface area (Å²) in [6.07, 6.45) is 14.8. The highest BCUT2D eigenvalue weighted by Crippen LogP contribution is 2.32. The van der Waals surface area contributed by atoms with Crippen molar-refractivity contribution in [3.05, 3.63) is 42.5 Å². The lowest BCUT2D eigenvalue weighted by Crippen LogP contribution is -2.47. The molecule has 1 aliphatic heterocycles. The van der Waals surface area contributed by atoms with Gasteiger partial charge < -0.3 is 25.0 Å². The van der Waals surface area contributed by atoms with Gasteiger partial charge in [-0.05, 0) is 75.5 Å². The molecule has 2 aliphatic rings. The number of nitrogens with zero attached hydrogens (tertiary/aromatic N) is 3. The van der Waals surface area contributed by atoms with Gasteiger partial charge in [0.25, 0.3) is 0 Å². The first kappa shape index (κ1) is 27.7. The predicted octanol–water partition coefficient (Wildman–Crippen LogP) is 4.11. The SMILES string of the molecule is CN=C1NCCC(n2ccnc2)CC(CCCC(=O)CC(=O)CCc2ccc(O)c(OC3CCCC3)c2)N1. The Morgan fingerprint density at radius 2 is 2.00 bits per heavy atom. The van der Waals surface area contributed by atoms with E-state index in [-0.39, 0.29) is 35.9 Å². The van der Waals surface area contributed by atoms with Gasteiger partial charge >= 0.3 is 0 Å². The van der Waals surface area contributed by atoms with Crippen molar-refractivity contribution < 1.29 is 19.4 Å². The summed E-state index contributed by atoms with van der Waals surface area (Å²) in [4.78, 5) is 33.5. The van der Waals surface area contributed by atoms with Gasteiger partial charge in [-0.3, -0.25) is 14.6 Å². The molecule has 0 bridgehead atoms. The number of Topliss-reactive ketones (excluding diaryl/α,β-unsaturated/α-hetero) is 2. The minimum Gasteiger partial charge on any atom is -0.504 e. The van der Waals surface area contributed by atoms with E-state index in [1.54, 1.807) is 19.3 Å². The molecule has 3 N–H and O–H groups in total. The number of ether oxygens (including phenoxy) is 1. The molecule has 2 unspecified atom stereocenters. The zero-order chi connectivity index (χ0) is 26.7. The number of aryl methyl sites for hydroxylation is 1. The Kier molecular flexibility index (Phi) is 10.2. The van der Waals surface area contributed by atoms with Crippen LogP contribution in [0.2, 0.25) is 0 Å². The van der Waals surface area contributed by atoms with Crippen LogP contribution in [0.1, 0.15) is 82.2 Å². The first-order chi connectivity index (χ1) is 18.5. The Morgan fingerprint density at radius 1 is 1.18 bits per heavy atom. The van der Waals surface area contributed by atoms with Crippen LogP contribution in [-0.4, -0.2) is 57.9 Å². The molecular weight excluding hydrogens is 482 g/mol. The number of phenolic OH excluding ortho intramolecular Hbond substituents is 1. The van der Waals surface area contributed by atoms with Gasteiger partial charge in [-0.1, -0.05) is 6.07 Å². The molecule has 0 radical (unpaired) electrons. The van der Waals surface area contributed by atoms with Crippen molar-refractivity contribution >= 4 is 17.5 Å². The molecule has 2 aromatic rings. The number of hydrogen-bond donors (Lipinski definition) is 3. The fraction of sp³-hybridized carbons (Fsp3) is 0.586. The second-order valence-electron chi connectivity index (χ2n) is 10.5. The van der Waals surface area contributed by atoms with E-state index < -0.39 is 0 Å². The summed E-state index contributed by atoms with van der Waals surface area (Å²) in [5.74, 6) is 1.35. The average Bonchev–Trinajstić information content (AvgIpc) is 3.60. The van der Waals surface area contributed by atoms with Gasteiger partial charge in [-0.25, -0.2) is 4.98 Å². The number of carbonyl (C=O) groups is 2. The quantitative estimate of drug-likeness (QED) is 0.358. The van der Waals surface area contributed by atoms with Crippen molar-refractivity contribution in [3.63, 3.8) is 0 Å². The van der Waals surface area contributed by atoms with E-state index in [4.69, 9.17) is 4.74 Å². The minimum absolute atomic E-state index is 0.00882. The molecule has 2 heterocycles. The third kappa shape index (κ3) is 8.33. The molecule has 38 heavy (non-hydrogen) atoms. The Balaban J connectivity index is 1.20. The lowest BCUT2D eigenvalue weighted by molar-refractivity contribution is -0.127. The molecule has 9 heteroatoms. The number of ketones is 2. The lowest BCUT2D eigenvalue weighted by atomic mass is 9.96. The maximum atomic E-state index is 12.6. The van der Waals surface area contributed by atoms with Gasteiger partial charge in [0, 0.05) is 50.9 Å². The van der Waals surface area contributed by atoms with Crippen molar-refractivity contribution in [1.29, 1.82) is 0 Å². The number of aliphatic imine (C=N–C) groups is 1. The van der Waals surface area contributed by atoms with Crippen LogP contribution in [0, 0.1) is 0 Å². The molecule has 1 aliphatic carbocycles. The number of carbonyl (C=O) groups excluding carboxylic acids is 2. The normalized spacial score (nSPS) is 21.3. The average molecular weight is 524 g/mol. The zero-order valence-electron chi connectivity index (χ0n) is 22.4. The van der Waals surface area contributed by atoms with E-state index in [1.165, 1.54) is 0 Å². The molecule has 1 saturated heterocycles. The monoisotopic (exact) mass is 523 g/mol. The van der Waals surface area contributed by atoms with Crippen LogP contribution in [0.5, 0.6) is 11.5 Å². The van der Waals surface area contributed by atoms with E-state index in [9.17, 15) is 14.7 Å². The van der Waals surface area contributed by atoms with Crippen LogP contribution in [-0.2, 0) is 16.0 Å². The highest BCUT2D eigenvalue weighted by Gasteiger charge is 2.22. The van der Waals surface area contributed by atoms with Crippen molar-refractivity contribution in [2.75, 3.05) is 13.6 Å². The first-order valence-electron chi connectivity index (χ1n) is 14.0. The van der Waals surface area contributed by atoms with Gasteiger partial charge in [-0.2, -0.15) is 0 Å². The molecular formula is C29H41N5O4. The Labute approximate surface area is 225 Å². The molecule has 2 fully saturated rings. The number of guanidine groups is 1. The summed E-state index contributed by atoms with van der Waals surface area (Å²) >= 11 is 0. The summed E-state index contributed by atoms with van der Waals surface area (Å²) in [5.41, 5.74) is 0.932. The lowest BCUT2D eigenvalue weighted by Gasteiger charge is -2.30. The fourth-order valence-electron chi connectivity index (χ4n) is 5.42. The first-order valence-corrected chi connectivity index (χ1v) is 14.0. The summed E-state index contributed by atoms with van der Waals surface area (Å²) in [6, 6.07) is 5.76. The number of benzene rings is 1. The van der Waals surface area contributed by atoms with E-state index in [1.807, 2.05) is 24.7 Å². The zero-order valence-corrected chi connectivity index (χ0v) is 22.4.